The predicted molar refractivity (Wildman–Crippen MR) is 90.3 cm³/mol. The summed E-state index contributed by atoms with van der Waals surface area (Å²) in [6, 6.07) is 14.1. The number of nitrogens with zero attached hydrogens (tertiary/aromatic N) is 2. The quantitative estimate of drug-likeness (QED) is 0.581. The molecule has 0 fully saturated rings. The summed E-state index contributed by atoms with van der Waals surface area (Å²) in [6.45, 7) is 0. The molecule has 4 aromatic rings. The molecular formula is C18H13N3O4. The number of rotatable bonds is 3. The Morgan fingerprint density at radius 2 is 2.00 bits per heavy atom. The summed E-state index contributed by atoms with van der Waals surface area (Å²) in [6.07, 6.45) is 1.52. The first-order chi connectivity index (χ1) is 12.2. The number of benzene rings is 1. The lowest BCUT2D eigenvalue weighted by molar-refractivity contribution is 0.0593. The third-order valence-corrected chi connectivity index (χ3v) is 3.84. The molecule has 7 heteroatoms. The summed E-state index contributed by atoms with van der Waals surface area (Å²) >= 11 is 0. The minimum Gasteiger partial charge on any atom is -0.464 e. The molecule has 1 N–H and O–H groups in total. The van der Waals surface area contributed by atoms with Crippen molar-refractivity contribution in [3.8, 4) is 22.6 Å². The van der Waals surface area contributed by atoms with E-state index >= 15 is 0 Å². The highest BCUT2D eigenvalue weighted by Crippen LogP contribution is 2.28. The number of furan rings is 1. The van der Waals surface area contributed by atoms with Gasteiger partial charge in [0.05, 0.1) is 18.9 Å². The van der Waals surface area contributed by atoms with Crippen LogP contribution in [-0.4, -0.2) is 27.7 Å². The molecule has 25 heavy (non-hydrogen) atoms. The predicted octanol–water partition coefficient (Wildman–Crippen LogP) is 2.74. The number of carbonyl (C=O) groups excluding carboxylic acids is 1. The maximum atomic E-state index is 13.1. The van der Waals surface area contributed by atoms with Crippen molar-refractivity contribution in [2.45, 2.75) is 0 Å². The van der Waals surface area contributed by atoms with Crippen LogP contribution in [0.4, 0.5) is 0 Å². The van der Waals surface area contributed by atoms with Crippen LogP contribution in [0.5, 0.6) is 0 Å². The normalized spacial score (nSPS) is 10.9. The van der Waals surface area contributed by atoms with Gasteiger partial charge in [-0.05, 0) is 17.7 Å². The molecule has 0 saturated carbocycles. The first kappa shape index (κ1) is 14.9. The summed E-state index contributed by atoms with van der Waals surface area (Å²) in [7, 11) is 1.27. The summed E-state index contributed by atoms with van der Waals surface area (Å²) in [5.41, 5.74) is 1.61. The number of esters is 1. The second kappa shape index (κ2) is 5.79. The van der Waals surface area contributed by atoms with E-state index in [1.54, 1.807) is 12.1 Å². The van der Waals surface area contributed by atoms with E-state index in [9.17, 15) is 9.59 Å². The summed E-state index contributed by atoms with van der Waals surface area (Å²) in [4.78, 5) is 29.3. The molecule has 0 aliphatic rings. The molecule has 0 bridgehead atoms. The van der Waals surface area contributed by atoms with Gasteiger partial charge in [-0.1, -0.05) is 30.3 Å². The van der Waals surface area contributed by atoms with Crippen LogP contribution in [-0.2, 0) is 4.74 Å². The number of ether oxygens (including phenoxy) is 1. The van der Waals surface area contributed by atoms with E-state index in [2.05, 4.69) is 10.1 Å². The van der Waals surface area contributed by atoms with E-state index in [1.807, 2.05) is 30.3 Å². The van der Waals surface area contributed by atoms with Crippen molar-refractivity contribution in [1.82, 2.24) is 14.6 Å². The molecule has 124 valence electrons. The highest BCUT2D eigenvalue weighted by atomic mass is 16.5. The zero-order chi connectivity index (χ0) is 17.4. The lowest BCUT2D eigenvalue weighted by Crippen LogP contribution is -2.19. The Hall–Kier alpha value is -3.61. The van der Waals surface area contributed by atoms with Gasteiger partial charge in [0.1, 0.15) is 11.4 Å². The Morgan fingerprint density at radius 1 is 1.20 bits per heavy atom. The third kappa shape index (κ3) is 2.42. The van der Waals surface area contributed by atoms with Gasteiger partial charge in [0.15, 0.2) is 11.4 Å². The van der Waals surface area contributed by atoms with Gasteiger partial charge in [0, 0.05) is 6.07 Å². The Bertz CT molecular complexity index is 1110. The van der Waals surface area contributed by atoms with Gasteiger partial charge < -0.3 is 9.15 Å². The van der Waals surface area contributed by atoms with Crippen LogP contribution in [0.2, 0.25) is 0 Å². The number of methoxy groups -OCH3 is 1. The molecule has 0 saturated heterocycles. The zero-order valence-electron chi connectivity index (χ0n) is 13.2. The summed E-state index contributed by atoms with van der Waals surface area (Å²) in [5.74, 6) is -0.106. The fraction of sp³-hybridized carbons (Fsp3) is 0.0556. The van der Waals surface area contributed by atoms with Gasteiger partial charge in [0.2, 0.25) is 0 Å². The second-order valence-corrected chi connectivity index (χ2v) is 5.34. The summed E-state index contributed by atoms with van der Waals surface area (Å²) < 4.78 is 11.4. The van der Waals surface area contributed by atoms with Crippen molar-refractivity contribution >= 4 is 11.6 Å². The van der Waals surface area contributed by atoms with Crippen molar-refractivity contribution in [3.63, 3.8) is 0 Å². The van der Waals surface area contributed by atoms with E-state index in [0.717, 1.165) is 0 Å². The van der Waals surface area contributed by atoms with Crippen LogP contribution < -0.4 is 5.56 Å². The van der Waals surface area contributed by atoms with Crippen molar-refractivity contribution in [2.24, 2.45) is 0 Å². The topological polar surface area (TPSA) is 89.6 Å². The van der Waals surface area contributed by atoms with Crippen LogP contribution in [0.25, 0.3) is 28.2 Å². The van der Waals surface area contributed by atoms with Gasteiger partial charge in [-0.3, -0.25) is 9.89 Å². The molecule has 0 amide bonds. The number of hydrogen-bond acceptors (Lipinski definition) is 5. The molecule has 3 heterocycles. The number of nitrogens with one attached hydrogen (secondary N) is 1. The van der Waals surface area contributed by atoms with Gasteiger partial charge in [-0.2, -0.15) is 0 Å². The Kier molecular flexibility index (Phi) is 3.46. The Labute approximate surface area is 141 Å². The van der Waals surface area contributed by atoms with Crippen LogP contribution in [0, 0.1) is 0 Å². The van der Waals surface area contributed by atoms with E-state index in [0.29, 0.717) is 28.2 Å². The smallest absolute Gasteiger partial charge is 0.356 e. The maximum absolute atomic E-state index is 13.1. The molecule has 3 aromatic heterocycles. The van der Waals surface area contributed by atoms with Crippen molar-refractivity contribution in [3.05, 3.63) is 70.8 Å². The van der Waals surface area contributed by atoms with Crippen molar-refractivity contribution < 1.29 is 13.9 Å². The zero-order valence-corrected chi connectivity index (χ0v) is 13.2. The van der Waals surface area contributed by atoms with E-state index in [1.165, 1.54) is 24.0 Å². The van der Waals surface area contributed by atoms with Gasteiger partial charge in [-0.15, -0.1) is 0 Å². The molecule has 0 aliphatic carbocycles. The van der Waals surface area contributed by atoms with Crippen LogP contribution >= 0.6 is 0 Å². The average molecular weight is 335 g/mol. The first-order valence-electron chi connectivity index (χ1n) is 7.52. The van der Waals surface area contributed by atoms with E-state index in [-0.39, 0.29) is 11.3 Å². The average Bonchev–Trinajstić information content (AvgIpc) is 3.31. The Balaban J connectivity index is 2.07. The monoisotopic (exact) mass is 335 g/mol. The van der Waals surface area contributed by atoms with Crippen molar-refractivity contribution in [1.29, 1.82) is 0 Å². The lowest BCUT2D eigenvalue weighted by atomic mass is 10.0. The number of fused-ring (bicyclic) bond motifs is 1. The number of aromatic nitrogens is 3. The third-order valence-electron chi connectivity index (χ3n) is 3.84. The van der Waals surface area contributed by atoms with E-state index in [4.69, 9.17) is 9.15 Å². The number of carbonyl (C=O) groups is 1. The number of hydrogen-bond donors (Lipinski definition) is 1. The van der Waals surface area contributed by atoms with Crippen LogP contribution in [0.15, 0.2) is 64.0 Å². The maximum Gasteiger partial charge on any atom is 0.356 e. The molecule has 4 rings (SSSR count). The largest absolute Gasteiger partial charge is 0.464 e. The highest BCUT2D eigenvalue weighted by molar-refractivity contribution is 5.89. The number of aromatic amines is 1. The molecule has 0 spiro atoms. The highest BCUT2D eigenvalue weighted by Gasteiger charge is 2.20. The first-order valence-corrected chi connectivity index (χ1v) is 7.52. The second-order valence-electron chi connectivity index (χ2n) is 5.34. The fourth-order valence-electron chi connectivity index (χ4n) is 2.70. The summed E-state index contributed by atoms with van der Waals surface area (Å²) in [5, 5.41) is 2.73. The van der Waals surface area contributed by atoms with Crippen molar-refractivity contribution in [2.75, 3.05) is 7.11 Å². The van der Waals surface area contributed by atoms with E-state index < -0.39 is 5.97 Å². The molecule has 0 unspecified atom stereocenters. The standard InChI is InChI=1S/C18H13N3O4/c1-24-18(23)12-10-14-19-16(13-8-5-9-25-13)15(17(22)21(14)20-12)11-6-3-2-4-7-11/h2-10,20H,1H3. The van der Waals surface area contributed by atoms with Gasteiger partial charge in [0.25, 0.3) is 5.56 Å². The minimum atomic E-state index is -0.578. The fourth-order valence-corrected chi connectivity index (χ4v) is 2.70. The SMILES string of the molecule is COC(=O)c1cc2nc(-c3ccco3)c(-c3ccccc3)c(=O)n2[nH]1. The molecule has 0 atom stereocenters. The Morgan fingerprint density at radius 3 is 2.68 bits per heavy atom. The lowest BCUT2D eigenvalue weighted by Gasteiger charge is -2.07. The number of H-pyrrole nitrogens is 1. The van der Waals surface area contributed by atoms with Crippen LogP contribution in [0.3, 0.4) is 0 Å². The molecule has 1 aromatic carbocycles. The van der Waals surface area contributed by atoms with Gasteiger partial charge >= 0.3 is 5.97 Å². The molecule has 0 aliphatic heterocycles. The molecule has 7 nitrogen and oxygen atoms in total. The van der Waals surface area contributed by atoms with Crippen LogP contribution in [0.1, 0.15) is 10.5 Å². The molecule has 0 radical (unpaired) electrons. The molecular weight excluding hydrogens is 322 g/mol. The minimum absolute atomic E-state index is 0.141. The van der Waals surface area contributed by atoms with Gasteiger partial charge in [-0.25, -0.2) is 14.3 Å².